The molecule has 0 atom stereocenters. The molecule has 0 heterocycles. The van der Waals surface area contributed by atoms with Crippen molar-refractivity contribution >= 4 is 11.4 Å². The summed E-state index contributed by atoms with van der Waals surface area (Å²) < 4.78 is 5.78. The van der Waals surface area contributed by atoms with Gasteiger partial charge in [-0.1, -0.05) is 43.0 Å². The Morgan fingerprint density at radius 3 is 2.06 bits per heavy atom. The molecule has 0 aliphatic carbocycles. The van der Waals surface area contributed by atoms with Crippen molar-refractivity contribution in [3.63, 3.8) is 0 Å². The molecule has 174 valence electrons. The molecule has 3 heteroatoms. The van der Waals surface area contributed by atoms with Gasteiger partial charge in [0, 0.05) is 29.5 Å². The van der Waals surface area contributed by atoms with Gasteiger partial charge < -0.3 is 10.1 Å². The summed E-state index contributed by atoms with van der Waals surface area (Å²) in [7, 11) is 0. The first-order valence-electron chi connectivity index (χ1n) is 11.5. The monoisotopic (exact) mass is 434 g/mol. The Balaban J connectivity index is 2.40. The van der Waals surface area contributed by atoms with Crippen LogP contribution < -0.4 is 0 Å². The quantitative estimate of drug-likeness (QED) is 0.137. The number of aliphatic imine (C=N–C) groups is 1. The highest BCUT2D eigenvalue weighted by atomic mass is 16.5. The van der Waals surface area contributed by atoms with Gasteiger partial charge in [-0.15, -0.1) is 13.2 Å². The molecular formula is C29H42N2O. The zero-order valence-electron chi connectivity index (χ0n) is 20.8. The maximum atomic E-state index is 8.16. The van der Waals surface area contributed by atoms with E-state index in [0.29, 0.717) is 12.1 Å². The van der Waals surface area contributed by atoms with E-state index in [0.717, 1.165) is 43.6 Å². The fourth-order valence-electron chi connectivity index (χ4n) is 3.13. The van der Waals surface area contributed by atoms with Gasteiger partial charge in [0.25, 0.3) is 0 Å². The molecule has 0 fully saturated rings. The van der Waals surface area contributed by atoms with Crippen LogP contribution in [0.5, 0.6) is 0 Å². The summed E-state index contributed by atoms with van der Waals surface area (Å²) >= 11 is 0. The number of hydrogen-bond donors (Lipinski definition) is 1. The first kappa shape index (κ1) is 27.4. The lowest BCUT2D eigenvalue weighted by atomic mass is 9.86. The molecule has 0 spiro atoms. The van der Waals surface area contributed by atoms with Gasteiger partial charge in [-0.25, -0.2) is 0 Å². The number of hydrogen-bond acceptors (Lipinski definition) is 3. The second-order valence-electron chi connectivity index (χ2n) is 9.52. The molecule has 0 aliphatic heterocycles. The summed E-state index contributed by atoms with van der Waals surface area (Å²) in [6.07, 6.45) is 12.9. The number of aryl methyl sites for hydroxylation is 2. The van der Waals surface area contributed by atoms with Crippen LogP contribution in [0.1, 0.15) is 71.4 Å². The smallest absolute Gasteiger partial charge is 0.100 e. The van der Waals surface area contributed by atoms with E-state index < -0.39 is 0 Å². The van der Waals surface area contributed by atoms with Crippen molar-refractivity contribution in [2.24, 2.45) is 10.4 Å². The normalized spacial score (nSPS) is 12.6. The summed E-state index contributed by atoms with van der Waals surface area (Å²) in [5.74, 6) is 0.876. The van der Waals surface area contributed by atoms with Crippen molar-refractivity contribution in [1.82, 2.24) is 0 Å². The SMILES string of the molecule is C=CC(C)(C=C)C(C)=NC=CC(=N)CCc1ccc(CCCCC(=C)OC(C)(C)C)cc1. The predicted molar refractivity (Wildman–Crippen MR) is 141 cm³/mol. The second kappa shape index (κ2) is 13.0. The molecule has 1 rings (SSSR count). The maximum Gasteiger partial charge on any atom is 0.100 e. The standard InChI is InChI=1S/C29H42N2O/c1-9-29(8,10-2)24(4)31-22-21-27(30)20-19-26-17-15-25(16-18-26)14-12-11-13-23(3)32-28(5,6)7/h9-10,15-18,21-22,30H,1-3,11-14,19-20H2,4-8H3. The van der Waals surface area contributed by atoms with Crippen LogP contribution in [0.3, 0.4) is 0 Å². The molecule has 1 aromatic rings. The summed E-state index contributed by atoms with van der Waals surface area (Å²) in [5.41, 5.74) is 3.61. The van der Waals surface area contributed by atoms with Gasteiger partial charge in [0.15, 0.2) is 0 Å². The fraction of sp³-hybridized carbons (Fsp3) is 0.448. The molecule has 0 amide bonds. The van der Waals surface area contributed by atoms with E-state index >= 15 is 0 Å². The van der Waals surface area contributed by atoms with Gasteiger partial charge in [0.2, 0.25) is 0 Å². The number of ether oxygens (including phenoxy) is 1. The van der Waals surface area contributed by atoms with Crippen molar-refractivity contribution in [1.29, 1.82) is 5.41 Å². The van der Waals surface area contributed by atoms with E-state index in [4.69, 9.17) is 10.1 Å². The molecule has 3 nitrogen and oxygen atoms in total. The predicted octanol–water partition coefficient (Wildman–Crippen LogP) is 8.03. The van der Waals surface area contributed by atoms with E-state index in [2.05, 4.69) is 69.8 Å². The zero-order chi connectivity index (χ0) is 24.2. The number of nitrogens with one attached hydrogen (secondary N) is 1. The minimum atomic E-state index is -0.317. The Kier molecular flexibility index (Phi) is 11.1. The van der Waals surface area contributed by atoms with E-state index in [1.165, 1.54) is 11.1 Å². The van der Waals surface area contributed by atoms with Crippen LogP contribution in [0.2, 0.25) is 0 Å². The highest BCUT2D eigenvalue weighted by molar-refractivity contribution is 5.94. The first-order valence-corrected chi connectivity index (χ1v) is 11.5. The Morgan fingerprint density at radius 2 is 1.53 bits per heavy atom. The van der Waals surface area contributed by atoms with Crippen molar-refractivity contribution in [3.05, 3.63) is 85.3 Å². The van der Waals surface area contributed by atoms with Crippen LogP contribution >= 0.6 is 0 Å². The summed E-state index contributed by atoms with van der Waals surface area (Å²) in [6.45, 7) is 21.8. The number of nitrogens with zero attached hydrogens (tertiary/aromatic N) is 1. The molecule has 0 bridgehead atoms. The minimum absolute atomic E-state index is 0.163. The number of unbranched alkanes of at least 4 members (excludes halogenated alkanes) is 1. The van der Waals surface area contributed by atoms with Gasteiger partial charge in [-0.05, 0) is 83.9 Å². The van der Waals surface area contributed by atoms with Crippen molar-refractivity contribution in [2.75, 3.05) is 0 Å². The lowest BCUT2D eigenvalue weighted by Gasteiger charge is -2.22. The maximum absolute atomic E-state index is 8.16. The number of rotatable bonds is 14. The lowest BCUT2D eigenvalue weighted by molar-refractivity contribution is 0.0473. The van der Waals surface area contributed by atoms with Gasteiger partial charge in [-0.2, -0.15) is 0 Å². The lowest BCUT2D eigenvalue weighted by Crippen LogP contribution is -2.19. The average molecular weight is 435 g/mol. The van der Waals surface area contributed by atoms with E-state index in [1.807, 2.05) is 26.0 Å². The molecule has 1 N–H and O–H groups in total. The van der Waals surface area contributed by atoms with Gasteiger partial charge >= 0.3 is 0 Å². The van der Waals surface area contributed by atoms with Crippen LogP contribution in [0.25, 0.3) is 0 Å². The molecule has 0 saturated heterocycles. The van der Waals surface area contributed by atoms with Crippen LogP contribution in [-0.2, 0) is 17.6 Å². The third kappa shape index (κ3) is 10.6. The Labute approximate surface area is 196 Å². The number of allylic oxidation sites excluding steroid dienone is 4. The highest BCUT2D eigenvalue weighted by Crippen LogP contribution is 2.21. The molecule has 0 unspecified atom stereocenters. The van der Waals surface area contributed by atoms with Crippen LogP contribution in [0.15, 0.2) is 79.2 Å². The second-order valence-corrected chi connectivity index (χ2v) is 9.52. The van der Waals surface area contributed by atoms with E-state index in [9.17, 15) is 0 Å². The van der Waals surface area contributed by atoms with Crippen LogP contribution in [0, 0.1) is 10.8 Å². The number of benzene rings is 1. The molecule has 1 aromatic carbocycles. The Bertz CT molecular complexity index is 827. The van der Waals surface area contributed by atoms with Gasteiger partial charge in [0.05, 0.1) is 5.76 Å². The van der Waals surface area contributed by atoms with Crippen molar-refractivity contribution in [3.8, 4) is 0 Å². The topological polar surface area (TPSA) is 45.4 Å². The molecule has 0 aromatic heterocycles. The van der Waals surface area contributed by atoms with Gasteiger partial charge in [-0.3, -0.25) is 4.99 Å². The molecule has 0 saturated carbocycles. The van der Waals surface area contributed by atoms with Crippen LogP contribution in [-0.4, -0.2) is 17.0 Å². The van der Waals surface area contributed by atoms with Crippen LogP contribution in [0.4, 0.5) is 0 Å². The zero-order valence-corrected chi connectivity index (χ0v) is 20.8. The molecular weight excluding hydrogens is 392 g/mol. The fourth-order valence-corrected chi connectivity index (χ4v) is 3.13. The summed E-state index contributed by atoms with van der Waals surface area (Å²) in [6, 6.07) is 8.76. The van der Waals surface area contributed by atoms with Crippen molar-refractivity contribution < 1.29 is 4.74 Å². The average Bonchev–Trinajstić information content (AvgIpc) is 2.74. The van der Waals surface area contributed by atoms with Gasteiger partial charge in [0.1, 0.15) is 5.60 Å². The third-order valence-electron chi connectivity index (χ3n) is 5.50. The molecule has 0 aliphatic rings. The van der Waals surface area contributed by atoms with Crippen molar-refractivity contribution in [2.45, 2.75) is 78.7 Å². The minimum Gasteiger partial charge on any atom is -0.493 e. The Hall–Kier alpha value is -2.68. The Morgan fingerprint density at radius 1 is 0.969 bits per heavy atom. The summed E-state index contributed by atoms with van der Waals surface area (Å²) in [5, 5.41) is 8.16. The third-order valence-corrected chi connectivity index (χ3v) is 5.50. The first-order chi connectivity index (χ1) is 15.0. The van der Waals surface area contributed by atoms with E-state index in [-0.39, 0.29) is 11.0 Å². The molecule has 0 radical (unpaired) electrons. The largest absolute Gasteiger partial charge is 0.493 e. The highest BCUT2D eigenvalue weighted by Gasteiger charge is 2.18. The van der Waals surface area contributed by atoms with E-state index in [1.54, 1.807) is 12.3 Å². The molecule has 32 heavy (non-hydrogen) atoms. The summed E-state index contributed by atoms with van der Waals surface area (Å²) in [4.78, 5) is 4.45.